The van der Waals surface area contributed by atoms with Gasteiger partial charge in [0, 0.05) is 11.9 Å². The Morgan fingerprint density at radius 3 is 2.76 bits per heavy atom. The van der Waals surface area contributed by atoms with Crippen LogP contribution in [0.1, 0.15) is 16.3 Å². The number of aryl methyl sites for hydroxylation is 1. The van der Waals surface area contributed by atoms with E-state index in [1.165, 1.54) is 5.56 Å². The highest BCUT2D eigenvalue weighted by atomic mass is 32.1. The van der Waals surface area contributed by atoms with E-state index in [4.69, 9.17) is 10.5 Å². The number of hydrogen-bond donors (Lipinski definition) is 2. The smallest absolute Gasteiger partial charge is 0.188 e. The number of nitrogens with one attached hydrogen (secondary N) is 1. The lowest BCUT2D eigenvalue weighted by molar-refractivity contribution is 0.414. The predicted octanol–water partition coefficient (Wildman–Crippen LogP) is 2.11. The van der Waals surface area contributed by atoms with Gasteiger partial charge in [-0.15, -0.1) is 11.3 Å². The summed E-state index contributed by atoms with van der Waals surface area (Å²) in [5, 5.41) is 6.16. The molecule has 0 aliphatic carbocycles. The molecule has 0 fully saturated rings. The van der Waals surface area contributed by atoms with Gasteiger partial charge in [0.15, 0.2) is 5.96 Å². The summed E-state index contributed by atoms with van der Waals surface area (Å²) in [6.07, 6.45) is 0.885. The number of aromatic nitrogens is 1. The third-order valence-corrected chi connectivity index (χ3v) is 3.78. The minimum Gasteiger partial charge on any atom is -0.497 e. The zero-order valence-corrected chi connectivity index (χ0v) is 13.1. The Labute approximate surface area is 128 Å². The minimum atomic E-state index is 0.453. The molecule has 5 nitrogen and oxygen atoms in total. The number of ether oxygens (including phenoxy) is 1. The van der Waals surface area contributed by atoms with Crippen molar-refractivity contribution in [3.63, 3.8) is 0 Å². The van der Waals surface area contributed by atoms with Gasteiger partial charge in [0.1, 0.15) is 5.75 Å². The van der Waals surface area contributed by atoms with Crippen molar-refractivity contribution < 1.29 is 4.74 Å². The summed E-state index contributed by atoms with van der Waals surface area (Å²) in [5.74, 6) is 1.32. The molecule has 6 heteroatoms. The SMILES string of the molecule is COc1ccc(CCNC(N)=NCc2csc(C)n2)cc1. The third-order valence-electron chi connectivity index (χ3n) is 2.96. The zero-order chi connectivity index (χ0) is 15.1. The lowest BCUT2D eigenvalue weighted by Gasteiger charge is -2.06. The average molecular weight is 304 g/mol. The molecule has 2 aromatic rings. The molecule has 0 spiro atoms. The topological polar surface area (TPSA) is 72.5 Å². The van der Waals surface area contributed by atoms with Crippen molar-refractivity contribution in [1.82, 2.24) is 10.3 Å². The molecule has 21 heavy (non-hydrogen) atoms. The fraction of sp³-hybridized carbons (Fsp3) is 0.333. The second-order valence-corrected chi connectivity index (χ2v) is 5.65. The van der Waals surface area contributed by atoms with Crippen molar-refractivity contribution in [3.8, 4) is 5.75 Å². The standard InChI is InChI=1S/C15H20N4OS/c1-11-19-13(10-21-11)9-18-15(16)17-8-7-12-3-5-14(20-2)6-4-12/h3-6,10H,7-9H2,1-2H3,(H3,16,17,18). The van der Waals surface area contributed by atoms with Crippen LogP contribution in [0.4, 0.5) is 0 Å². The summed E-state index contributed by atoms with van der Waals surface area (Å²) in [7, 11) is 1.66. The first-order valence-corrected chi connectivity index (χ1v) is 7.63. The summed E-state index contributed by atoms with van der Waals surface area (Å²) in [6, 6.07) is 8.01. The molecule has 1 aromatic heterocycles. The molecule has 0 radical (unpaired) electrons. The Bertz CT molecular complexity index is 592. The molecule has 0 saturated heterocycles. The molecule has 112 valence electrons. The molecular formula is C15H20N4OS. The maximum Gasteiger partial charge on any atom is 0.188 e. The lowest BCUT2D eigenvalue weighted by atomic mass is 10.1. The van der Waals surface area contributed by atoms with Crippen molar-refractivity contribution in [1.29, 1.82) is 0 Å². The lowest BCUT2D eigenvalue weighted by Crippen LogP contribution is -2.33. The molecule has 0 bridgehead atoms. The number of nitrogens with two attached hydrogens (primary N) is 1. The van der Waals surface area contributed by atoms with E-state index in [0.29, 0.717) is 12.5 Å². The maximum atomic E-state index is 5.83. The van der Waals surface area contributed by atoms with Gasteiger partial charge in [-0.05, 0) is 31.0 Å². The first-order chi connectivity index (χ1) is 10.2. The van der Waals surface area contributed by atoms with Crippen molar-refractivity contribution in [2.24, 2.45) is 10.7 Å². The van der Waals surface area contributed by atoms with Gasteiger partial charge in [-0.3, -0.25) is 0 Å². The van der Waals surface area contributed by atoms with E-state index >= 15 is 0 Å². The van der Waals surface area contributed by atoms with Crippen LogP contribution in [-0.2, 0) is 13.0 Å². The van der Waals surface area contributed by atoms with Crippen LogP contribution in [0.5, 0.6) is 5.75 Å². The van der Waals surface area contributed by atoms with Crippen LogP contribution in [0, 0.1) is 6.92 Å². The Hall–Kier alpha value is -2.08. The molecule has 0 aliphatic heterocycles. The molecule has 0 aliphatic rings. The van der Waals surface area contributed by atoms with E-state index in [9.17, 15) is 0 Å². The van der Waals surface area contributed by atoms with E-state index in [-0.39, 0.29) is 0 Å². The van der Waals surface area contributed by atoms with Gasteiger partial charge in [0.25, 0.3) is 0 Å². The van der Waals surface area contributed by atoms with E-state index in [0.717, 1.165) is 29.4 Å². The quantitative estimate of drug-likeness (QED) is 0.633. The van der Waals surface area contributed by atoms with Crippen LogP contribution >= 0.6 is 11.3 Å². The van der Waals surface area contributed by atoms with Gasteiger partial charge in [0.05, 0.1) is 24.4 Å². The molecule has 2 rings (SSSR count). The summed E-state index contributed by atoms with van der Waals surface area (Å²) < 4.78 is 5.13. The first kappa shape index (κ1) is 15.3. The summed E-state index contributed by atoms with van der Waals surface area (Å²) >= 11 is 1.62. The van der Waals surface area contributed by atoms with Crippen LogP contribution in [0.3, 0.4) is 0 Å². The monoisotopic (exact) mass is 304 g/mol. The van der Waals surface area contributed by atoms with Crippen molar-refractivity contribution >= 4 is 17.3 Å². The molecule has 0 atom stereocenters. The van der Waals surface area contributed by atoms with E-state index in [2.05, 4.69) is 15.3 Å². The first-order valence-electron chi connectivity index (χ1n) is 6.75. The number of benzene rings is 1. The molecule has 1 heterocycles. The highest BCUT2D eigenvalue weighted by Crippen LogP contribution is 2.11. The molecule has 0 unspecified atom stereocenters. The normalized spacial score (nSPS) is 11.4. The van der Waals surface area contributed by atoms with Gasteiger partial charge in [0.2, 0.25) is 0 Å². The average Bonchev–Trinajstić information content (AvgIpc) is 2.91. The number of methoxy groups -OCH3 is 1. The van der Waals surface area contributed by atoms with Crippen LogP contribution in [0.15, 0.2) is 34.6 Å². The molecule has 0 amide bonds. The van der Waals surface area contributed by atoms with E-state index < -0.39 is 0 Å². The summed E-state index contributed by atoms with van der Waals surface area (Å²) in [6.45, 7) is 3.25. The van der Waals surface area contributed by atoms with Crippen LogP contribution in [0.2, 0.25) is 0 Å². The van der Waals surface area contributed by atoms with E-state index in [1.807, 2.05) is 36.6 Å². The summed E-state index contributed by atoms with van der Waals surface area (Å²) in [5.41, 5.74) is 8.02. The summed E-state index contributed by atoms with van der Waals surface area (Å²) in [4.78, 5) is 8.62. The van der Waals surface area contributed by atoms with Crippen LogP contribution in [-0.4, -0.2) is 24.6 Å². The largest absolute Gasteiger partial charge is 0.497 e. The zero-order valence-electron chi connectivity index (χ0n) is 12.3. The number of aliphatic imine (C=N–C) groups is 1. The van der Waals surface area contributed by atoms with Crippen molar-refractivity contribution in [2.45, 2.75) is 19.9 Å². The Morgan fingerprint density at radius 1 is 1.38 bits per heavy atom. The second kappa shape index (κ2) is 7.64. The van der Waals surface area contributed by atoms with Crippen molar-refractivity contribution in [3.05, 3.63) is 45.9 Å². The minimum absolute atomic E-state index is 0.453. The highest BCUT2D eigenvalue weighted by molar-refractivity contribution is 7.09. The van der Waals surface area contributed by atoms with Gasteiger partial charge in [-0.2, -0.15) is 0 Å². The fourth-order valence-corrected chi connectivity index (χ4v) is 2.43. The fourth-order valence-electron chi connectivity index (χ4n) is 1.83. The molecule has 1 aromatic carbocycles. The highest BCUT2D eigenvalue weighted by Gasteiger charge is 1.98. The van der Waals surface area contributed by atoms with Gasteiger partial charge >= 0.3 is 0 Å². The molecule has 0 saturated carbocycles. The van der Waals surface area contributed by atoms with Crippen LogP contribution < -0.4 is 15.8 Å². The van der Waals surface area contributed by atoms with E-state index in [1.54, 1.807) is 18.4 Å². The molecule has 3 N–H and O–H groups in total. The number of rotatable bonds is 6. The van der Waals surface area contributed by atoms with Crippen LogP contribution in [0.25, 0.3) is 0 Å². The van der Waals surface area contributed by atoms with Gasteiger partial charge < -0.3 is 15.8 Å². The second-order valence-electron chi connectivity index (χ2n) is 4.58. The maximum absolute atomic E-state index is 5.83. The number of hydrogen-bond acceptors (Lipinski definition) is 4. The van der Waals surface area contributed by atoms with Gasteiger partial charge in [-0.25, -0.2) is 9.98 Å². The Balaban J connectivity index is 1.74. The number of nitrogens with zero attached hydrogens (tertiary/aromatic N) is 2. The van der Waals surface area contributed by atoms with Gasteiger partial charge in [-0.1, -0.05) is 12.1 Å². The Morgan fingerprint density at radius 2 is 2.14 bits per heavy atom. The number of guanidine groups is 1. The number of thiazole rings is 1. The van der Waals surface area contributed by atoms with Crippen molar-refractivity contribution in [2.75, 3.05) is 13.7 Å². The third kappa shape index (κ3) is 5.07. The Kier molecular flexibility index (Phi) is 5.57. The molecular weight excluding hydrogens is 284 g/mol. The predicted molar refractivity (Wildman–Crippen MR) is 86.9 cm³/mol.